The molecule has 1 heterocycles. The van der Waals surface area contributed by atoms with Crippen molar-refractivity contribution >= 4 is 5.97 Å². The molecule has 0 aliphatic heterocycles. The SMILES string of the molecule is Cc1nc(COc2ccccc2CC(=O)O)oc1C. The minimum Gasteiger partial charge on any atom is -0.484 e. The van der Waals surface area contributed by atoms with Crippen molar-refractivity contribution < 1.29 is 19.1 Å². The van der Waals surface area contributed by atoms with Crippen LogP contribution in [0.1, 0.15) is 22.9 Å². The number of hydrogen-bond acceptors (Lipinski definition) is 4. The van der Waals surface area contributed by atoms with Gasteiger partial charge < -0.3 is 14.3 Å². The Hall–Kier alpha value is -2.30. The standard InChI is InChI=1S/C14H15NO4/c1-9-10(2)19-13(15-9)8-18-12-6-4-3-5-11(12)7-14(16)17/h3-6H,7-8H2,1-2H3,(H,16,17). The number of aliphatic carboxylic acids is 1. The monoisotopic (exact) mass is 261 g/mol. The maximum Gasteiger partial charge on any atom is 0.307 e. The van der Waals surface area contributed by atoms with Crippen LogP contribution in [0.25, 0.3) is 0 Å². The second-order valence-corrected chi connectivity index (χ2v) is 4.22. The molecule has 2 aromatic rings. The Labute approximate surface area is 110 Å². The predicted octanol–water partition coefficient (Wildman–Crippen LogP) is 2.50. The van der Waals surface area contributed by atoms with Crippen LogP contribution < -0.4 is 4.74 Å². The van der Waals surface area contributed by atoms with E-state index in [2.05, 4.69) is 4.98 Å². The Kier molecular flexibility index (Phi) is 3.85. The molecule has 0 amide bonds. The van der Waals surface area contributed by atoms with E-state index >= 15 is 0 Å². The molecule has 0 radical (unpaired) electrons. The third-order valence-electron chi connectivity index (χ3n) is 2.74. The first-order chi connectivity index (χ1) is 9.06. The number of benzene rings is 1. The largest absolute Gasteiger partial charge is 0.484 e. The van der Waals surface area contributed by atoms with Crippen LogP contribution in [0.2, 0.25) is 0 Å². The zero-order chi connectivity index (χ0) is 13.8. The van der Waals surface area contributed by atoms with E-state index in [4.69, 9.17) is 14.3 Å². The van der Waals surface area contributed by atoms with Crippen molar-refractivity contribution in [3.8, 4) is 5.75 Å². The fourth-order valence-corrected chi connectivity index (χ4v) is 1.69. The van der Waals surface area contributed by atoms with Gasteiger partial charge in [0.05, 0.1) is 12.1 Å². The van der Waals surface area contributed by atoms with Gasteiger partial charge in [0, 0.05) is 5.56 Å². The van der Waals surface area contributed by atoms with Gasteiger partial charge >= 0.3 is 5.97 Å². The van der Waals surface area contributed by atoms with Crippen molar-refractivity contribution in [3.63, 3.8) is 0 Å². The van der Waals surface area contributed by atoms with E-state index in [0.717, 1.165) is 11.5 Å². The van der Waals surface area contributed by atoms with Gasteiger partial charge in [0.15, 0.2) is 6.61 Å². The van der Waals surface area contributed by atoms with Gasteiger partial charge in [0.25, 0.3) is 0 Å². The highest BCUT2D eigenvalue weighted by molar-refractivity contribution is 5.71. The summed E-state index contributed by atoms with van der Waals surface area (Å²) in [6, 6.07) is 7.05. The summed E-state index contributed by atoms with van der Waals surface area (Å²) in [7, 11) is 0. The highest BCUT2D eigenvalue weighted by atomic mass is 16.5. The molecule has 1 N–H and O–H groups in total. The molecule has 0 saturated heterocycles. The van der Waals surface area contributed by atoms with Crippen LogP contribution in [0.4, 0.5) is 0 Å². The molecule has 0 atom stereocenters. The summed E-state index contributed by atoms with van der Waals surface area (Å²) in [5.41, 5.74) is 1.47. The summed E-state index contributed by atoms with van der Waals surface area (Å²) in [4.78, 5) is 15.0. The molecule has 2 rings (SSSR count). The van der Waals surface area contributed by atoms with Gasteiger partial charge in [-0.2, -0.15) is 0 Å². The number of oxazole rings is 1. The summed E-state index contributed by atoms with van der Waals surface area (Å²) in [6.07, 6.45) is -0.0696. The normalized spacial score (nSPS) is 10.4. The Morgan fingerprint density at radius 2 is 2.11 bits per heavy atom. The summed E-state index contributed by atoms with van der Waals surface area (Å²) in [6.45, 7) is 3.89. The first-order valence-corrected chi connectivity index (χ1v) is 5.91. The molecular weight excluding hydrogens is 246 g/mol. The summed E-state index contributed by atoms with van der Waals surface area (Å²) >= 11 is 0. The number of aryl methyl sites for hydroxylation is 2. The third-order valence-corrected chi connectivity index (χ3v) is 2.74. The molecule has 0 unspecified atom stereocenters. The molecule has 0 aliphatic rings. The molecule has 100 valence electrons. The van der Waals surface area contributed by atoms with Crippen LogP contribution in [0, 0.1) is 13.8 Å². The van der Waals surface area contributed by atoms with E-state index in [9.17, 15) is 4.79 Å². The first-order valence-electron chi connectivity index (χ1n) is 5.91. The zero-order valence-corrected chi connectivity index (χ0v) is 10.8. The lowest BCUT2D eigenvalue weighted by molar-refractivity contribution is -0.136. The van der Waals surface area contributed by atoms with Gasteiger partial charge in [0.2, 0.25) is 5.89 Å². The lowest BCUT2D eigenvalue weighted by Crippen LogP contribution is -2.04. The average molecular weight is 261 g/mol. The van der Waals surface area contributed by atoms with Crippen molar-refractivity contribution in [2.75, 3.05) is 0 Å². The average Bonchev–Trinajstić information content (AvgIpc) is 2.67. The van der Waals surface area contributed by atoms with Crippen LogP contribution in [0.5, 0.6) is 5.75 Å². The Morgan fingerprint density at radius 1 is 1.37 bits per heavy atom. The molecule has 5 nitrogen and oxygen atoms in total. The molecule has 0 fully saturated rings. The second-order valence-electron chi connectivity index (χ2n) is 4.22. The van der Waals surface area contributed by atoms with Crippen LogP contribution in [-0.4, -0.2) is 16.1 Å². The molecule has 0 bridgehead atoms. The smallest absolute Gasteiger partial charge is 0.307 e. The molecule has 0 saturated carbocycles. The number of para-hydroxylation sites is 1. The molecule has 1 aromatic carbocycles. The number of carboxylic acid groups (broad SMARTS) is 1. The van der Waals surface area contributed by atoms with E-state index in [0.29, 0.717) is 17.2 Å². The Balaban J connectivity index is 2.08. The Bertz CT molecular complexity index is 569. The fraction of sp³-hybridized carbons (Fsp3) is 0.286. The lowest BCUT2D eigenvalue weighted by atomic mass is 10.1. The van der Waals surface area contributed by atoms with E-state index in [1.807, 2.05) is 13.8 Å². The van der Waals surface area contributed by atoms with Crippen LogP contribution >= 0.6 is 0 Å². The maximum atomic E-state index is 10.8. The lowest BCUT2D eigenvalue weighted by Gasteiger charge is -2.08. The van der Waals surface area contributed by atoms with Crippen molar-refractivity contribution in [2.45, 2.75) is 26.9 Å². The van der Waals surface area contributed by atoms with Gasteiger partial charge in [-0.15, -0.1) is 0 Å². The number of rotatable bonds is 5. The van der Waals surface area contributed by atoms with Crippen molar-refractivity contribution in [1.82, 2.24) is 4.98 Å². The maximum absolute atomic E-state index is 10.8. The van der Waals surface area contributed by atoms with Crippen molar-refractivity contribution in [2.24, 2.45) is 0 Å². The minimum absolute atomic E-state index is 0.0696. The third kappa shape index (κ3) is 3.34. The zero-order valence-electron chi connectivity index (χ0n) is 10.8. The highest BCUT2D eigenvalue weighted by Gasteiger charge is 2.10. The van der Waals surface area contributed by atoms with E-state index in [1.165, 1.54) is 0 Å². The first kappa shape index (κ1) is 13.1. The van der Waals surface area contributed by atoms with Crippen LogP contribution in [0.15, 0.2) is 28.7 Å². The molecule has 0 aliphatic carbocycles. The van der Waals surface area contributed by atoms with Gasteiger partial charge in [-0.05, 0) is 19.9 Å². The molecule has 0 spiro atoms. The number of carboxylic acids is 1. The van der Waals surface area contributed by atoms with E-state index < -0.39 is 5.97 Å². The molecule has 1 aromatic heterocycles. The predicted molar refractivity (Wildman–Crippen MR) is 68.1 cm³/mol. The van der Waals surface area contributed by atoms with Gasteiger partial charge in [-0.25, -0.2) is 4.98 Å². The molecular formula is C14H15NO4. The topological polar surface area (TPSA) is 72.6 Å². The summed E-state index contributed by atoms with van der Waals surface area (Å²) in [5, 5.41) is 8.83. The quantitative estimate of drug-likeness (QED) is 0.895. The number of aromatic nitrogens is 1. The fourth-order valence-electron chi connectivity index (χ4n) is 1.69. The highest BCUT2D eigenvalue weighted by Crippen LogP contribution is 2.20. The summed E-state index contributed by atoms with van der Waals surface area (Å²) in [5.74, 6) is 0.898. The van der Waals surface area contributed by atoms with Crippen LogP contribution in [0.3, 0.4) is 0 Å². The second kappa shape index (κ2) is 5.56. The van der Waals surface area contributed by atoms with Crippen molar-refractivity contribution in [3.05, 3.63) is 47.2 Å². The Morgan fingerprint density at radius 3 is 2.74 bits per heavy atom. The number of carbonyl (C=O) groups is 1. The number of ether oxygens (including phenoxy) is 1. The summed E-state index contributed by atoms with van der Waals surface area (Å²) < 4.78 is 11.0. The molecule has 5 heteroatoms. The van der Waals surface area contributed by atoms with Crippen molar-refractivity contribution in [1.29, 1.82) is 0 Å². The van der Waals surface area contributed by atoms with Gasteiger partial charge in [-0.3, -0.25) is 4.79 Å². The van der Waals surface area contributed by atoms with E-state index in [-0.39, 0.29) is 13.0 Å². The minimum atomic E-state index is -0.890. The molecule has 19 heavy (non-hydrogen) atoms. The van der Waals surface area contributed by atoms with Crippen LogP contribution in [-0.2, 0) is 17.8 Å². The van der Waals surface area contributed by atoms with Gasteiger partial charge in [-0.1, -0.05) is 18.2 Å². The van der Waals surface area contributed by atoms with E-state index in [1.54, 1.807) is 24.3 Å². The number of hydrogen-bond donors (Lipinski definition) is 1. The number of nitrogens with zero attached hydrogens (tertiary/aromatic N) is 1. The van der Waals surface area contributed by atoms with Gasteiger partial charge in [0.1, 0.15) is 11.5 Å².